The van der Waals surface area contributed by atoms with E-state index in [2.05, 4.69) is 10.1 Å². The van der Waals surface area contributed by atoms with Crippen LogP contribution in [0.3, 0.4) is 0 Å². The van der Waals surface area contributed by atoms with E-state index >= 15 is 0 Å². The van der Waals surface area contributed by atoms with Crippen LogP contribution in [-0.2, 0) is 4.79 Å². The molecule has 6 nitrogen and oxygen atoms in total. The van der Waals surface area contributed by atoms with Crippen LogP contribution in [0.15, 0.2) is 21.9 Å². The predicted molar refractivity (Wildman–Crippen MR) is 53.3 cm³/mol. The van der Waals surface area contributed by atoms with Gasteiger partial charge in [-0.2, -0.15) is 5.10 Å². The zero-order valence-corrected chi connectivity index (χ0v) is 7.94. The van der Waals surface area contributed by atoms with Crippen molar-refractivity contribution in [3.63, 3.8) is 0 Å². The van der Waals surface area contributed by atoms with E-state index in [0.29, 0.717) is 10.7 Å². The third-order valence-electron chi connectivity index (χ3n) is 1.81. The first-order valence-corrected chi connectivity index (χ1v) is 4.78. The number of hydrogen-bond donors (Lipinski definition) is 2. The summed E-state index contributed by atoms with van der Waals surface area (Å²) in [5, 5.41) is 15.6. The highest BCUT2D eigenvalue weighted by Crippen LogP contribution is 2.25. The van der Waals surface area contributed by atoms with E-state index < -0.39 is 12.1 Å². The molecule has 0 aliphatic carbocycles. The average molecular weight is 212 g/mol. The van der Waals surface area contributed by atoms with Crippen molar-refractivity contribution in [3.8, 4) is 0 Å². The molecule has 14 heavy (non-hydrogen) atoms. The normalized spacial score (nSPS) is 24.4. The van der Waals surface area contributed by atoms with Gasteiger partial charge >= 0.3 is 0 Å². The minimum absolute atomic E-state index is 0.00532. The highest BCUT2D eigenvalue weighted by molar-refractivity contribution is 8.25. The van der Waals surface area contributed by atoms with Gasteiger partial charge in [-0.3, -0.25) is 4.79 Å². The standard InChI is InChI=1S/C7H8N4O2S/c8-5(12)1-4-2-9-7-11(6(4)13)10-3-14-7/h2-3,6,13H,1H2,(H2,8,12). The third-order valence-corrected chi connectivity index (χ3v) is 2.51. The SMILES string of the molecule is NC(=O)CC1=CN=C2SC=NN2C1O. The van der Waals surface area contributed by atoms with Crippen LogP contribution >= 0.6 is 11.8 Å². The van der Waals surface area contributed by atoms with Gasteiger partial charge in [-0.1, -0.05) is 0 Å². The molecule has 0 aromatic heterocycles. The summed E-state index contributed by atoms with van der Waals surface area (Å²) in [6, 6.07) is 0. The van der Waals surface area contributed by atoms with E-state index in [1.165, 1.54) is 23.0 Å². The molecule has 1 atom stereocenters. The monoisotopic (exact) mass is 212 g/mol. The maximum atomic E-state index is 10.7. The molecule has 0 aromatic rings. The minimum atomic E-state index is -0.929. The number of nitrogens with zero attached hydrogens (tertiary/aromatic N) is 3. The summed E-state index contributed by atoms with van der Waals surface area (Å²) in [4.78, 5) is 14.7. The quantitative estimate of drug-likeness (QED) is 0.641. The fourth-order valence-electron chi connectivity index (χ4n) is 1.18. The van der Waals surface area contributed by atoms with Crippen LogP contribution in [0.25, 0.3) is 0 Å². The van der Waals surface area contributed by atoms with Crippen LogP contribution in [0.4, 0.5) is 0 Å². The molecule has 3 N–H and O–H groups in total. The van der Waals surface area contributed by atoms with E-state index in [1.54, 1.807) is 5.55 Å². The van der Waals surface area contributed by atoms with Gasteiger partial charge in [0.1, 0.15) is 0 Å². The van der Waals surface area contributed by atoms with Gasteiger partial charge in [0.25, 0.3) is 0 Å². The van der Waals surface area contributed by atoms with Crippen molar-refractivity contribution in [1.29, 1.82) is 0 Å². The smallest absolute Gasteiger partial charge is 0.221 e. The van der Waals surface area contributed by atoms with E-state index in [9.17, 15) is 9.90 Å². The number of hydrogen-bond acceptors (Lipinski definition) is 6. The number of aliphatic hydroxyl groups is 1. The Morgan fingerprint density at radius 2 is 2.57 bits per heavy atom. The van der Waals surface area contributed by atoms with Crippen LogP contribution < -0.4 is 5.73 Å². The number of aliphatic imine (C=N–C) groups is 1. The molecule has 1 unspecified atom stereocenters. The first kappa shape index (κ1) is 9.22. The van der Waals surface area contributed by atoms with Crippen molar-refractivity contribution in [2.45, 2.75) is 12.6 Å². The highest BCUT2D eigenvalue weighted by atomic mass is 32.2. The molecule has 0 bridgehead atoms. The maximum Gasteiger partial charge on any atom is 0.221 e. The molecule has 2 aliphatic rings. The Balaban J connectivity index is 2.20. The minimum Gasteiger partial charge on any atom is -0.369 e. The lowest BCUT2D eigenvalue weighted by Gasteiger charge is -2.25. The lowest BCUT2D eigenvalue weighted by Crippen LogP contribution is -2.37. The van der Waals surface area contributed by atoms with Crippen LogP contribution in [0.1, 0.15) is 6.42 Å². The number of rotatable bonds is 2. The second-order valence-electron chi connectivity index (χ2n) is 2.82. The Labute approximate surface area is 84.2 Å². The number of amidine groups is 1. The van der Waals surface area contributed by atoms with Crippen LogP contribution in [0.2, 0.25) is 0 Å². The largest absolute Gasteiger partial charge is 0.369 e. The Morgan fingerprint density at radius 1 is 1.79 bits per heavy atom. The number of nitrogens with two attached hydrogens (primary N) is 1. The number of fused-ring (bicyclic) bond motifs is 1. The fourth-order valence-corrected chi connectivity index (χ4v) is 1.79. The summed E-state index contributed by atoms with van der Waals surface area (Å²) in [6.07, 6.45) is 0.527. The van der Waals surface area contributed by atoms with E-state index in [1.807, 2.05) is 0 Å². The van der Waals surface area contributed by atoms with Gasteiger partial charge in [0.15, 0.2) is 11.4 Å². The number of primary amides is 1. The number of carbonyl (C=O) groups excluding carboxylic acids is 1. The zero-order valence-electron chi connectivity index (χ0n) is 7.12. The van der Waals surface area contributed by atoms with Crippen LogP contribution in [0.5, 0.6) is 0 Å². The molecule has 1 amide bonds. The Bertz CT molecular complexity index is 363. The van der Waals surface area contributed by atoms with Gasteiger partial charge in [-0.25, -0.2) is 10.0 Å². The third kappa shape index (κ3) is 1.51. The van der Waals surface area contributed by atoms with Crippen molar-refractivity contribution in [2.75, 3.05) is 0 Å². The molecule has 2 heterocycles. The molecule has 2 rings (SSSR count). The molecule has 7 heteroatoms. The summed E-state index contributed by atoms with van der Waals surface area (Å²) < 4.78 is 0. The fraction of sp³-hybridized carbons (Fsp3) is 0.286. The first-order valence-electron chi connectivity index (χ1n) is 3.90. The lowest BCUT2D eigenvalue weighted by atomic mass is 10.1. The lowest BCUT2D eigenvalue weighted by molar-refractivity contribution is -0.117. The van der Waals surface area contributed by atoms with E-state index in [-0.39, 0.29) is 6.42 Å². The van der Waals surface area contributed by atoms with Crippen molar-refractivity contribution in [3.05, 3.63) is 11.8 Å². The average Bonchev–Trinajstić information content (AvgIpc) is 2.57. The molecule has 0 spiro atoms. The number of hydrazone groups is 1. The second-order valence-corrected chi connectivity index (χ2v) is 3.63. The zero-order chi connectivity index (χ0) is 10.1. The molecule has 0 radical (unpaired) electrons. The number of carbonyl (C=O) groups is 1. The molecule has 0 saturated carbocycles. The Morgan fingerprint density at radius 3 is 3.29 bits per heavy atom. The summed E-state index contributed by atoms with van der Waals surface area (Å²) in [6.45, 7) is 0. The topological polar surface area (TPSA) is 91.3 Å². The van der Waals surface area contributed by atoms with Crippen LogP contribution in [0, 0.1) is 0 Å². The predicted octanol–water partition coefficient (Wildman–Crippen LogP) is -0.574. The van der Waals surface area contributed by atoms with Gasteiger partial charge < -0.3 is 10.8 Å². The highest BCUT2D eigenvalue weighted by Gasteiger charge is 2.29. The van der Waals surface area contributed by atoms with Gasteiger partial charge in [-0.15, -0.1) is 0 Å². The van der Waals surface area contributed by atoms with E-state index in [4.69, 9.17) is 5.73 Å². The van der Waals surface area contributed by atoms with Gasteiger partial charge in [0, 0.05) is 11.8 Å². The maximum absolute atomic E-state index is 10.7. The van der Waals surface area contributed by atoms with Crippen molar-refractivity contribution < 1.29 is 9.90 Å². The molecule has 74 valence electrons. The molecule has 2 aliphatic heterocycles. The number of thioether (sulfide) groups is 1. The van der Waals surface area contributed by atoms with Crippen molar-refractivity contribution in [1.82, 2.24) is 5.01 Å². The van der Waals surface area contributed by atoms with E-state index in [0.717, 1.165) is 0 Å². The Kier molecular flexibility index (Phi) is 2.26. The summed E-state index contributed by atoms with van der Waals surface area (Å²) in [5.41, 5.74) is 7.05. The molecular weight excluding hydrogens is 204 g/mol. The van der Waals surface area contributed by atoms with Gasteiger partial charge in [0.05, 0.1) is 12.0 Å². The summed E-state index contributed by atoms with van der Waals surface area (Å²) in [7, 11) is 0. The van der Waals surface area contributed by atoms with Gasteiger partial charge in [0.2, 0.25) is 5.91 Å². The van der Waals surface area contributed by atoms with Gasteiger partial charge in [-0.05, 0) is 11.8 Å². The number of amides is 1. The van der Waals surface area contributed by atoms with Crippen molar-refractivity contribution >= 4 is 28.4 Å². The summed E-state index contributed by atoms with van der Waals surface area (Å²) >= 11 is 1.31. The second kappa shape index (κ2) is 3.43. The molecular formula is C7H8N4O2S. The molecule has 0 saturated heterocycles. The van der Waals surface area contributed by atoms with Crippen LogP contribution in [-0.4, -0.2) is 33.0 Å². The summed E-state index contributed by atoms with van der Waals surface area (Å²) in [5.74, 6) is -0.496. The first-order chi connectivity index (χ1) is 6.68. The number of aliphatic hydroxyl groups excluding tert-OH is 1. The molecule has 0 fully saturated rings. The Hall–Kier alpha value is -1.34. The van der Waals surface area contributed by atoms with Crippen molar-refractivity contribution in [2.24, 2.45) is 15.8 Å². The molecule has 0 aromatic carbocycles.